The van der Waals surface area contributed by atoms with E-state index in [4.69, 9.17) is 4.74 Å². The number of nitrogens with one attached hydrogen (secondary N) is 1. The Balaban J connectivity index is 2.07. The molecule has 0 unspecified atom stereocenters. The lowest BCUT2D eigenvalue weighted by Gasteiger charge is -2.16. The van der Waals surface area contributed by atoms with Gasteiger partial charge in [-0.3, -0.25) is 4.79 Å². The number of rotatable bonds is 7. The monoisotopic (exact) mass is 371 g/mol. The summed E-state index contributed by atoms with van der Waals surface area (Å²) in [4.78, 5) is 24.3. The van der Waals surface area contributed by atoms with E-state index in [2.05, 4.69) is 5.32 Å². The molecule has 0 aliphatic rings. The molecule has 142 valence electrons. The summed E-state index contributed by atoms with van der Waals surface area (Å²) in [5.74, 6) is -1.52. The molecule has 7 heteroatoms. The second kappa shape index (κ2) is 9.28. The summed E-state index contributed by atoms with van der Waals surface area (Å²) in [6, 6.07) is 9.55. The number of benzene rings is 2. The van der Waals surface area contributed by atoms with Crippen LogP contribution in [0.1, 0.15) is 18.1 Å². The van der Waals surface area contributed by atoms with E-state index in [1.165, 1.54) is 42.5 Å². The number of amides is 1. The third kappa shape index (κ3) is 6.07. The normalized spacial score (nSPS) is 11.9. The number of carbonyl (C=O) groups is 2. The predicted molar refractivity (Wildman–Crippen MR) is 99.2 cm³/mol. The molecule has 2 rings (SSSR count). The van der Waals surface area contributed by atoms with Crippen LogP contribution in [0.4, 0.5) is 0 Å². The van der Waals surface area contributed by atoms with Crippen molar-refractivity contribution in [1.82, 2.24) is 5.32 Å². The lowest BCUT2D eigenvalue weighted by molar-refractivity contribution is -0.146. The summed E-state index contributed by atoms with van der Waals surface area (Å²) >= 11 is 0. The first-order valence-electron chi connectivity index (χ1n) is 8.34. The highest BCUT2D eigenvalue weighted by Crippen LogP contribution is 2.25. The van der Waals surface area contributed by atoms with E-state index >= 15 is 0 Å². The highest BCUT2D eigenvalue weighted by molar-refractivity contribution is 5.94. The van der Waals surface area contributed by atoms with Crippen molar-refractivity contribution in [1.29, 1.82) is 0 Å². The number of aromatic hydroxyl groups is 3. The molecule has 0 radical (unpaired) electrons. The van der Waals surface area contributed by atoms with Crippen LogP contribution in [0.2, 0.25) is 0 Å². The molecule has 0 aliphatic heterocycles. The molecule has 0 heterocycles. The molecule has 0 bridgehead atoms. The van der Waals surface area contributed by atoms with E-state index in [0.29, 0.717) is 5.56 Å². The quantitative estimate of drug-likeness (QED) is 0.337. The van der Waals surface area contributed by atoms with Gasteiger partial charge in [0.1, 0.15) is 11.8 Å². The maximum Gasteiger partial charge on any atom is 0.328 e. The Morgan fingerprint density at radius 1 is 1.07 bits per heavy atom. The number of hydrogen-bond acceptors (Lipinski definition) is 6. The molecule has 0 aromatic heterocycles. The van der Waals surface area contributed by atoms with E-state index in [0.717, 1.165) is 5.56 Å². The lowest BCUT2D eigenvalue weighted by Crippen LogP contribution is -2.42. The highest BCUT2D eigenvalue weighted by Gasteiger charge is 2.21. The van der Waals surface area contributed by atoms with Gasteiger partial charge in [0, 0.05) is 12.5 Å². The number of phenolic OH excluding ortho intramolecular Hbond substituents is 3. The zero-order valence-electron chi connectivity index (χ0n) is 14.8. The molecule has 0 saturated heterocycles. The summed E-state index contributed by atoms with van der Waals surface area (Å²) in [5, 5.41) is 30.7. The van der Waals surface area contributed by atoms with Crippen LogP contribution < -0.4 is 5.32 Å². The molecular weight excluding hydrogens is 350 g/mol. The van der Waals surface area contributed by atoms with E-state index in [1.54, 1.807) is 19.1 Å². The van der Waals surface area contributed by atoms with Crippen molar-refractivity contribution in [2.24, 2.45) is 0 Å². The minimum absolute atomic E-state index is 0.107. The predicted octanol–water partition coefficient (Wildman–Crippen LogP) is 2.11. The SMILES string of the molecule is CCOC(=O)[C@@H](Cc1ccc(O)cc1)NC(=O)/C=C/c1ccc(O)c(O)c1. The van der Waals surface area contributed by atoms with Gasteiger partial charge in [-0.2, -0.15) is 0 Å². The van der Waals surface area contributed by atoms with Crippen molar-refractivity contribution in [2.75, 3.05) is 6.61 Å². The summed E-state index contributed by atoms with van der Waals surface area (Å²) in [6.07, 6.45) is 2.87. The summed E-state index contributed by atoms with van der Waals surface area (Å²) in [5.41, 5.74) is 1.25. The van der Waals surface area contributed by atoms with Gasteiger partial charge >= 0.3 is 5.97 Å². The Kier molecular flexibility index (Phi) is 6.82. The molecule has 0 saturated carbocycles. The van der Waals surface area contributed by atoms with E-state index in [9.17, 15) is 24.9 Å². The lowest BCUT2D eigenvalue weighted by atomic mass is 10.1. The Morgan fingerprint density at radius 2 is 1.78 bits per heavy atom. The summed E-state index contributed by atoms with van der Waals surface area (Å²) in [6.45, 7) is 1.86. The fourth-order valence-corrected chi connectivity index (χ4v) is 2.34. The molecule has 1 amide bonds. The van der Waals surface area contributed by atoms with Gasteiger partial charge in [-0.05, 0) is 48.4 Å². The number of phenols is 3. The second-order valence-corrected chi connectivity index (χ2v) is 5.77. The Labute approximate surface area is 156 Å². The van der Waals surface area contributed by atoms with Gasteiger partial charge in [-0.15, -0.1) is 0 Å². The van der Waals surface area contributed by atoms with Crippen molar-refractivity contribution in [3.05, 3.63) is 59.7 Å². The molecule has 7 nitrogen and oxygen atoms in total. The van der Waals surface area contributed by atoms with E-state index in [1.807, 2.05) is 0 Å². The van der Waals surface area contributed by atoms with Crippen LogP contribution in [-0.4, -0.2) is 39.8 Å². The van der Waals surface area contributed by atoms with Crippen molar-refractivity contribution in [3.63, 3.8) is 0 Å². The standard InChI is InChI=1S/C20H21NO6/c1-2-27-20(26)16(11-13-3-7-15(22)8-4-13)21-19(25)10-6-14-5-9-17(23)18(24)12-14/h3-10,12,16,22-24H,2,11H2,1H3,(H,21,25)/b10-6+/t16-/m1/s1. The minimum atomic E-state index is -0.889. The van der Waals surface area contributed by atoms with Gasteiger partial charge in [-0.25, -0.2) is 4.79 Å². The van der Waals surface area contributed by atoms with Gasteiger partial charge in [0.15, 0.2) is 11.5 Å². The van der Waals surface area contributed by atoms with Gasteiger partial charge in [0.05, 0.1) is 6.61 Å². The Morgan fingerprint density at radius 3 is 2.41 bits per heavy atom. The summed E-state index contributed by atoms with van der Waals surface area (Å²) < 4.78 is 5.00. The molecule has 0 fully saturated rings. The third-order valence-electron chi connectivity index (χ3n) is 3.69. The molecule has 1 atom stereocenters. The maximum atomic E-state index is 12.2. The van der Waals surface area contributed by atoms with Crippen molar-refractivity contribution in [2.45, 2.75) is 19.4 Å². The molecular formula is C20H21NO6. The molecule has 27 heavy (non-hydrogen) atoms. The molecule has 4 N–H and O–H groups in total. The zero-order chi connectivity index (χ0) is 19.8. The topological polar surface area (TPSA) is 116 Å². The van der Waals surface area contributed by atoms with Gasteiger partial charge in [-0.1, -0.05) is 18.2 Å². The van der Waals surface area contributed by atoms with Crippen molar-refractivity contribution >= 4 is 18.0 Å². The number of hydrogen-bond donors (Lipinski definition) is 4. The maximum absolute atomic E-state index is 12.2. The molecule has 2 aromatic rings. The first kappa shape index (κ1) is 19.8. The van der Waals surface area contributed by atoms with Crippen molar-refractivity contribution in [3.8, 4) is 17.2 Å². The largest absolute Gasteiger partial charge is 0.508 e. The Hall–Kier alpha value is -3.48. The van der Waals surface area contributed by atoms with E-state index < -0.39 is 17.9 Å². The zero-order valence-corrected chi connectivity index (χ0v) is 14.8. The number of carbonyl (C=O) groups excluding carboxylic acids is 2. The van der Waals surface area contributed by atoms with Crippen LogP contribution in [0.25, 0.3) is 6.08 Å². The number of ether oxygens (including phenoxy) is 1. The van der Waals surface area contributed by atoms with Crippen LogP contribution in [0.3, 0.4) is 0 Å². The van der Waals surface area contributed by atoms with Crippen LogP contribution in [-0.2, 0) is 20.7 Å². The first-order chi connectivity index (χ1) is 12.9. The van der Waals surface area contributed by atoms with Crippen molar-refractivity contribution < 1.29 is 29.6 Å². The Bertz CT molecular complexity index is 829. The molecule has 2 aromatic carbocycles. The minimum Gasteiger partial charge on any atom is -0.508 e. The fraction of sp³-hybridized carbons (Fsp3) is 0.200. The fourth-order valence-electron chi connectivity index (χ4n) is 2.34. The average molecular weight is 371 g/mol. The molecule has 0 spiro atoms. The molecule has 0 aliphatic carbocycles. The summed E-state index contributed by atoms with van der Waals surface area (Å²) in [7, 11) is 0. The first-order valence-corrected chi connectivity index (χ1v) is 8.34. The average Bonchev–Trinajstić information content (AvgIpc) is 2.64. The van der Waals surface area contributed by atoms with Gasteiger partial charge < -0.3 is 25.4 Å². The van der Waals surface area contributed by atoms with Gasteiger partial charge in [0.25, 0.3) is 0 Å². The van der Waals surface area contributed by atoms with Crippen LogP contribution in [0, 0.1) is 0 Å². The highest BCUT2D eigenvalue weighted by atomic mass is 16.5. The van der Waals surface area contributed by atoms with E-state index in [-0.39, 0.29) is 30.3 Å². The van der Waals surface area contributed by atoms with Crippen LogP contribution in [0.5, 0.6) is 17.2 Å². The van der Waals surface area contributed by atoms with Crippen LogP contribution >= 0.6 is 0 Å². The number of esters is 1. The second-order valence-electron chi connectivity index (χ2n) is 5.77. The van der Waals surface area contributed by atoms with Gasteiger partial charge in [0.2, 0.25) is 5.91 Å². The smallest absolute Gasteiger partial charge is 0.328 e. The van der Waals surface area contributed by atoms with Crippen LogP contribution in [0.15, 0.2) is 48.5 Å². The third-order valence-corrected chi connectivity index (χ3v) is 3.69.